The van der Waals surface area contributed by atoms with Crippen molar-refractivity contribution in [2.24, 2.45) is 0 Å². The van der Waals surface area contributed by atoms with E-state index in [1.54, 1.807) is 6.26 Å². The molecule has 0 bridgehead atoms. The van der Waals surface area contributed by atoms with Gasteiger partial charge in [-0.2, -0.15) is 0 Å². The lowest BCUT2D eigenvalue weighted by atomic mass is 10.4. The molecule has 2 aromatic heterocycles. The van der Waals surface area contributed by atoms with Gasteiger partial charge in [0, 0.05) is 19.7 Å². The van der Waals surface area contributed by atoms with Crippen LogP contribution >= 0.6 is 0 Å². The third-order valence-electron chi connectivity index (χ3n) is 2.74. The van der Waals surface area contributed by atoms with Crippen LogP contribution in [0.4, 0.5) is 11.6 Å². The van der Waals surface area contributed by atoms with Crippen molar-refractivity contribution >= 4 is 11.6 Å². The van der Waals surface area contributed by atoms with E-state index in [2.05, 4.69) is 22.2 Å². The van der Waals surface area contributed by atoms with Crippen molar-refractivity contribution in [1.82, 2.24) is 9.97 Å². The first-order valence-electron chi connectivity index (χ1n) is 6.52. The molecule has 0 aromatic carbocycles. The number of rotatable bonds is 6. The van der Waals surface area contributed by atoms with Gasteiger partial charge in [-0.25, -0.2) is 9.97 Å². The number of nitrogens with one attached hydrogen (secondary N) is 1. The van der Waals surface area contributed by atoms with E-state index in [0.29, 0.717) is 6.54 Å². The van der Waals surface area contributed by atoms with Crippen LogP contribution in [0.5, 0.6) is 0 Å². The van der Waals surface area contributed by atoms with Gasteiger partial charge in [-0.1, -0.05) is 6.92 Å². The lowest BCUT2D eigenvalue weighted by Crippen LogP contribution is -2.18. The van der Waals surface area contributed by atoms with E-state index in [1.807, 2.05) is 37.1 Å². The second-order valence-corrected chi connectivity index (χ2v) is 4.52. The monoisotopic (exact) mass is 260 g/mol. The predicted molar refractivity (Wildman–Crippen MR) is 76.4 cm³/mol. The SMILES string of the molecule is CCCNc1cc(N(C)Cc2ccco2)nc(C)n1. The molecule has 0 fully saturated rings. The molecule has 5 heteroatoms. The van der Waals surface area contributed by atoms with E-state index < -0.39 is 0 Å². The molecule has 0 saturated heterocycles. The molecule has 0 atom stereocenters. The maximum Gasteiger partial charge on any atom is 0.134 e. The van der Waals surface area contributed by atoms with Crippen molar-refractivity contribution in [2.45, 2.75) is 26.8 Å². The van der Waals surface area contributed by atoms with Gasteiger partial charge in [0.25, 0.3) is 0 Å². The Bertz CT molecular complexity index is 510. The van der Waals surface area contributed by atoms with Crippen LogP contribution < -0.4 is 10.2 Å². The summed E-state index contributed by atoms with van der Waals surface area (Å²) in [7, 11) is 1.99. The maximum atomic E-state index is 5.35. The first kappa shape index (κ1) is 13.4. The van der Waals surface area contributed by atoms with Gasteiger partial charge in [0.1, 0.15) is 23.2 Å². The van der Waals surface area contributed by atoms with Crippen LogP contribution in [0.1, 0.15) is 24.9 Å². The first-order chi connectivity index (χ1) is 9.19. The molecule has 102 valence electrons. The third kappa shape index (κ3) is 3.71. The second kappa shape index (κ2) is 6.22. The van der Waals surface area contributed by atoms with Gasteiger partial charge in [-0.05, 0) is 25.5 Å². The van der Waals surface area contributed by atoms with Gasteiger partial charge in [0.15, 0.2) is 0 Å². The summed E-state index contributed by atoms with van der Waals surface area (Å²) < 4.78 is 5.35. The van der Waals surface area contributed by atoms with Crippen LogP contribution in [0.15, 0.2) is 28.9 Å². The highest BCUT2D eigenvalue weighted by atomic mass is 16.3. The summed E-state index contributed by atoms with van der Waals surface area (Å²) in [5, 5.41) is 3.29. The smallest absolute Gasteiger partial charge is 0.134 e. The number of aryl methyl sites for hydroxylation is 1. The fourth-order valence-electron chi connectivity index (χ4n) is 1.81. The van der Waals surface area contributed by atoms with Crippen molar-refractivity contribution in [3.05, 3.63) is 36.0 Å². The molecule has 0 unspecified atom stereocenters. The number of aromatic nitrogens is 2. The van der Waals surface area contributed by atoms with E-state index in [9.17, 15) is 0 Å². The average Bonchev–Trinajstić information content (AvgIpc) is 2.88. The Morgan fingerprint density at radius 1 is 1.37 bits per heavy atom. The fourth-order valence-corrected chi connectivity index (χ4v) is 1.81. The molecule has 0 saturated carbocycles. The van der Waals surface area contributed by atoms with Crippen LogP contribution in [0.2, 0.25) is 0 Å². The van der Waals surface area contributed by atoms with Crippen molar-refractivity contribution in [1.29, 1.82) is 0 Å². The molecule has 0 radical (unpaired) electrons. The van der Waals surface area contributed by atoms with E-state index in [-0.39, 0.29) is 0 Å². The zero-order valence-corrected chi connectivity index (χ0v) is 11.7. The van der Waals surface area contributed by atoms with Crippen LogP contribution in [0.25, 0.3) is 0 Å². The molecule has 0 aliphatic heterocycles. The Balaban J connectivity index is 2.11. The van der Waals surface area contributed by atoms with Crippen molar-refractivity contribution in [2.75, 3.05) is 23.8 Å². The molecule has 0 amide bonds. The minimum atomic E-state index is 0.691. The minimum Gasteiger partial charge on any atom is -0.467 e. The number of hydrogen-bond donors (Lipinski definition) is 1. The quantitative estimate of drug-likeness (QED) is 0.865. The van der Waals surface area contributed by atoms with Crippen molar-refractivity contribution in [3.8, 4) is 0 Å². The molecule has 0 spiro atoms. The second-order valence-electron chi connectivity index (χ2n) is 4.52. The zero-order chi connectivity index (χ0) is 13.7. The van der Waals surface area contributed by atoms with E-state index in [0.717, 1.165) is 36.2 Å². The highest BCUT2D eigenvalue weighted by Gasteiger charge is 2.08. The third-order valence-corrected chi connectivity index (χ3v) is 2.74. The first-order valence-corrected chi connectivity index (χ1v) is 6.52. The van der Waals surface area contributed by atoms with Gasteiger partial charge >= 0.3 is 0 Å². The topological polar surface area (TPSA) is 54.2 Å². The van der Waals surface area contributed by atoms with Gasteiger partial charge < -0.3 is 14.6 Å². The molecule has 19 heavy (non-hydrogen) atoms. The van der Waals surface area contributed by atoms with Crippen molar-refractivity contribution < 1.29 is 4.42 Å². The Morgan fingerprint density at radius 3 is 2.89 bits per heavy atom. The molecule has 0 aliphatic rings. The van der Waals surface area contributed by atoms with Gasteiger partial charge in [0.2, 0.25) is 0 Å². The Hall–Kier alpha value is -2.04. The molecular weight excluding hydrogens is 240 g/mol. The van der Waals surface area contributed by atoms with Crippen LogP contribution in [0.3, 0.4) is 0 Å². The highest BCUT2D eigenvalue weighted by molar-refractivity contribution is 5.49. The highest BCUT2D eigenvalue weighted by Crippen LogP contribution is 2.17. The van der Waals surface area contributed by atoms with Gasteiger partial charge in [-0.15, -0.1) is 0 Å². The summed E-state index contributed by atoms with van der Waals surface area (Å²) >= 11 is 0. The van der Waals surface area contributed by atoms with Crippen LogP contribution in [-0.2, 0) is 6.54 Å². The lowest BCUT2D eigenvalue weighted by molar-refractivity contribution is 0.507. The summed E-state index contributed by atoms with van der Waals surface area (Å²) in [5.74, 6) is 3.45. The average molecular weight is 260 g/mol. The number of anilines is 2. The summed E-state index contributed by atoms with van der Waals surface area (Å²) in [6.45, 7) is 5.64. The molecule has 2 heterocycles. The normalized spacial score (nSPS) is 10.5. The number of nitrogens with zero attached hydrogens (tertiary/aromatic N) is 3. The van der Waals surface area contributed by atoms with E-state index >= 15 is 0 Å². The maximum absolute atomic E-state index is 5.35. The molecule has 0 aliphatic carbocycles. The Kier molecular flexibility index (Phi) is 4.39. The number of furan rings is 1. The Labute approximate surface area is 113 Å². The summed E-state index contributed by atoms with van der Waals surface area (Å²) in [6, 6.07) is 5.81. The molecule has 5 nitrogen and oxygen atoms in total. The Morgan fingerprint density at radius 2 is 2.21 bits per heavy atom. The minimum absolute atomic E-state index is 0.691. The van der Waals surface area contributed by atoms with Gasteiger partial charge in [-0.3, -0.25) is 0 Å². The molecule has 1 N–H and O–H groups in total. The zero-order valence-electron chi connectivity index (χ0n) is 11.7. The number of hydrogen-bond acceptors (Lipinski definition) is 5. The fraction of sp³-hybridized carbons (Fsp3) is 0.429. The van der Waals surface area contributed by atoms with E-state index in [4.69, 9.17) is 4.42 Å². The largest absolute Gasteiger partial charge is 0.467 e. The summed E-state index contributed by atoms with van der Waals surface area (Å²) in [4.78, 5) is 10.9. The standard InChI is InChI=1S/C14H20N4O/c1-4-7-15-13-9-14(17-11(2)16-13)18(3)10-12-6-5-8-19-12/h5-6,8-9H,4,7,10H2,1-3H3,(H,15,16,17). The predicted octanol–water partition coefficient (Wildman–Crippen LogP) is 2.84. The summed E-state index contributed by atoms with van der Waals surface area (Å²) in [6.07, 6.45) is 2.75. The molecular formula is C14H20N4O. The van der Waals surface area contributed by atoms with Crippen LogP contribution in [-0.4, -0.2) is 23.6 Å². The lowest BCUT2D eigenvalue weighted by Gasteiger charge is -2.18. The van der Waals surface area contributed by atoms with E-state index in [1.165, 1.54) is 0 Å². The van der Waals surface area contributed by atoms with Gasteiger partial charge in [0.05, 0.1) is 12.8 Å². The molecule has 2 rings (SSSR count). The van der Waals surface area contributed by atoms with Crippen LogP contribution in [0, 0.1) is 6.92 Å². The van der Waals surface area contributed by atoms with Crippen molar-refractivity contribution in [3.63, 3.8) is 0 Å². The molecule has 2 aromatic rings. The summed E-state index contributed by atoms with van der Waals surface area (Å²) in [5.41, 5.74) is 0.